The second kappa shape index (κ2) is 7.88. The third-order valence-electron chi connectivity index (χ3n) is 2.90. The Hall–Kier alpha value is -1.58. The molecule has 0 spiro atoms. The van der Waals surface area contributed by atoms with Crippen molar-refractivity contribution in [1.82, 2.24) is 4.31 Å². The molecule has 0 radical (unpaired) electrons. The van der Waals surface area contributed by atoms with Crippen LogP contribution < -0.4 is 5.32 Å². The number of sulfonamides is 1. The van der Waals surface area contributed by atoms with Crippen molar-refractivity contribution in [2.45, 2.75) is 31.6 Å². The van der Waals surface area contributed by atoms with Gasteiger partial charge in [0.25, 0.3) is 0 Å². The first-order valence-electron chi connectivity index (χ1n) is 6.77. The number of para-hydroxylation sites is 1. The summed E-state index contributed by atoms with van der Waals surface area (Å²) in [6, 6.07) is 8.87. The molecule has 1 aromatic rings. The average molecular weight is 295 g/mol. The minimum Gasteiger partial charge on any atom is -0.384 e. The van der Waals surface area contributed by atoms with Crippen molar-refractivity contribution in [2.75, 3.05) is 25.0 Å². The second-order valence-corrected chi connectivity index (χ2v) is 6.23. The van der Waals surface area contributed by atoms with Crippen LogP contribution >= 0.6 is 0 Å². The molecule has 0 saturated heterocycles. The highest BCUT2D eigenvalue weighted by Crippen LogP contribution is 2.24. The van der Waals surface area contributed by atoms with E-state index >= 15 is 0 Å². The molecule has 0 aromatic heterocycles. The van der Waals surface area contributed by atoms with Crippen molar-refractivity contribution in [2.24, 2.45) is 0 Å². The van der Waals surface area contributed by atoms with E-state index in [4.69, 9.17) is 5.26 Å². The summed E-state index contributed by atoms with van der Waals surface area (Å²) in [4.78, 5) is 0.272. The highest BCUT2D eigenvalue weighted by Gasteiger charge is 2.25. The van der Waals surface area contributed by atoms with Gasteiger partial charge in [-0.15, -0.1) is 0 Å². The Morgan fingerprint density at radius 3 is 2.60 bits per heavy atom. The Morgan fingerprint density at radius 1 is 1.30 bits per heavy atom. The Kier molecular flexibility index (Phi) is 6.49. The maximum atomic E-state index is 12.6. The van der Waals surface area contributed by atoms with E-state index in [0.717, 1.165) is 13.0 Å². The van der Waals surface area contributed by atoms with Gasteiger partial charge in [0.2, 0.25) is 10.0 Å². The number of rotatable bonds is 8. The smallest absolute Gasteiger partial charge is 0.245 e. The first-order valence-corrected chi connectivity index (χ1v) is 8.21. The van der Waals surface area contributed by atoms with Gasteiger partial charge in [0.15, 0.2) is 0 Å². The molecule has 0 saturated carbocycles. The maximum Gasteiger partial charge on any atom is 0.245 e. The normalized spacial score (nSPS) is 11.3. The second-order valence-electron chi connectivity index (χ2n) is 4.33. The van der Waals surface area contributed by atoms with Crippen LogP contribution in [0.2, 0.25) is 0 Å². The van der Waals surface area contributed by atoms with Crippen LogP contribution in [0.15, 0.2) is 29.2 Å². The summed E-state index contributed by atoms with van der Waals surface area (Å²) >= 11 is 0. The van der Waals surface area contributed by atoms with E-state index in [-0.39, 0.29) is 17.9 Å². The molecule has 20 heavy (non-hydrogen) atoms. The lowest BCUT2D eigenvalue weighted by Gasteiger charge is -2.21. The quantitative estimate of drug-likeness (QED) is 0.799. The molecule has 110 valence electrons. The van der Waals surface area contributed by atoms with Crippen LogP contribution in [-0.4, -0.2) is 32.4 Å². The van der Waals surface area contributed by atoms with Gasteiger partial charge in [-0.2, -0.15) is 9.57 Å². The Bertz CT molecular complexity index is 564. The number of nitrogens with one attached hydrogen (secondary N) is 1. The van der Waals surface area contributed by atoms with Gasteiger partial charge in [-0.3, -0.25) is 0 Å². The van der Waals surface area contributed by atoms with Crippen molar-refractivity contribution in [3.8, 4) is 6.07 Å². The zero-order valence-electron chi connectivity index (χ0n) is 12.0. The topological polar surface area (TPSA) is 73.2 Å². The minimum atomic E-state index is -3.56. The third kappa shape index (κ3) is 3.95. The van der Waals surface area contributed by atoms with E-state index in [0.29, 0.717) is 12.2 Å². The molecule has 0 aliphatic carbocycles. The Balaban J connectivity index is 3.10. The van der Waals surface area contributed by atoms with Gasteiger partial charge in [-0.1, -0.05) is 26.0 Å². The van der Waals surface area contributed by atoms with Gasteiger partial charge >= 0.3 is 0 Å². The molecule has 1 N–H and O–H groups in total. The highest BCUT2D eigenvalue weighted by molar-refractivity contribution is 7.89. The van der Waals surface area contributed by atoms with Crippen LogP contribution in [0.4, 0.5) is 5.69 Å². The molecule has 0 amide bonds. The van der Waals surface area contributed by atoms with Crippen LogP contribution in [0, 0.1) is 11.3 Å². The van der Waals surface area contributed by atoms with Gasteiger partial charge < -0.3 is 5.32 Å². The van der Waals surface area contributed by atoms with Crippen molar-refractivity contribution < 1.29 is 8.42 Å². The molecule has 0 atom stereocenters. The molecule has 0 heterocycles. The Morgan fingerprint density at radius 2 is 2.00 bits per heavy atom. The first kappa shape index (κ1) is 16.5. The zero-order chi connectivity index (χ0) is 15.0. The summed E-state index contributed by atoms with van der Waals surface area (Å²) in [6.45, 7) is 5.09. The van der Waals surface area contributed by atoms with Gasteiger partial charge in [0, 0.05) is 26.1 Å². The molecule has 0 aliphatic rings. The van der Waals surface area contributed by atoms with Gasteiger partial charge in [0.1, 0.15) is 4.90 Å². The summed E-state index contributed by atoms with van der Waals surface area (Å²) in [6.07, 6.45) is 1.11. The fourth-order valence-electron chi connectivity index (χ4n) is 1.86. The largest absolute Gasteiger partial charge is 0.384 e. The van der Waals surface area contributed by atoms with E-state index in [1.54, 1.807) is 25.1 Å². The highest BCUT2D eigenvalue weighted by atomic mass is 32.2. The van der Waals surface area contributed by atoms with Crippen LogP contribution in [0.25, 0.3) is 0 Å². The summed E-state index contributed by atoms with van der Waals surface area (Å²) in [5.41, 5.74) is 0.616. The summed E-state index contributed by atoms with van der Waals surface area (Å²) in [5, 5.41) is 11.8. The van der Waals surface area contributed by atoms with Crippen molar-refractivity contribution >= 4 is 15.7 Å². The van der Waals surface area contributed by atoms with Crippen LogP contribution in [0.5, 0.6) is 0 Å². The van der Waals surface area contributed by atoms with Crippen molar-refractivity contribution in [1.29, 1.82) is 5.26 Å². The standard InChI is InChI=1S/C14H21N3O2S/c1-3-11-16-13-8-5-6-9-14(13)20(18,19)17(4-2)12-7-10-15/h5-6,8-9,16H,3-4,7,11-12H2,1-2H3. The van der Waals surface area contributed by atoms with Crippen LogP contribution in [0.3, 0.4) is 0 Å². The number of benzene rings is 1. The molecule has 0 fully saturated rings. The lowest BCUT2D eigenvalue weighted by atomic mass is 10.3. The minimum absolute atomic E-state index is 0.192. The van der Waals surface area contributed by atoms with E-state index in [1.807, 2.05) is 19.1 Å². The number of nitriles is 1. The van der Waals surface area contributed by atoms with Crippen molar-refractivity contribution in [3.63, 3.8) is 0 Å². The molecular weight excluding hydrogens is 274 g/mol. The van der Waals surface area contributed by atoms with Gasteiger partial charge in [-0.25, -0.2) is 8.42 Å². The maximum absolute atomic E-state index is 12.6. The predicted molar refractivity (Wildman–Crippen MR) is 79.9 cm³/mol. The summed E-state index contributed by atoms with van der Waals surface area (Å²) in [5.74, 6) is 0. The average Bonchev–Trinajstić information content (AvgIpc) is 2.46. The molecule has 1 aromatic carbocycles. The number of anilines is 1. The molecule has 5 nitrogen and oxygen atoms in total. The van der Waals surface area contributed by atoms with Crippen LogP contribution in [0.1, 0.15) is 26.7 Å². The number of nitrogens with zero attached hydrogens (tertiary/aromatic N) is 2. The summed E-state index contributed by atoms with van der Waals surface area (Å²) in [7, 11) is -3.56. The van der Waals surface area contributed by atoms with E-state index in [2.05, 4.69) is 5.32 Å². The summed E-state index contributed by atoms with van der Waals surface area (Å²) < 4.78 is 26.6. The molecule has 1 rings (SSSR count). The van der Waals surface area contributed by atoms with Crippen LogP contribution in [-0.2, 0) is 10.0 Å². The monoisotopic (exact) mass is 295 g/mol. The third-order valence-corrected chi connectivity index (χ3v) is 4.93. The Labute approximate surface area is 121 Å². The fraction of sp³-hybridized carbons (Fsp3) is 0.500. The molecular formula is C14H21N3O2S. The SMILES string of the molecule is CCCNc1ccccc1S(=O)(=O)N(CC)CCC#N. The number of hydrogen-bond acceptors (Lipinski definition) is 4. The number of hydrogen-bond donors (Lipinski definition) is 1. The molecule has 0 aliphatic heterocycles. The van der Waals surface area contributed by atoms with E-state index < -0.39 is 10.0 Å². The molecule has 0 unspecified atom stereocenters. The van der Waals surface area contributed by atoms with Gasteiger partial charge in [0.05, 0.1) is 11.8 Å². The lowest BCUT2D eigenvalue weighted by molar-refractivity contribution is 0.435. The van der Waals surface area contributed by atoms with Gasteiger partial charge in [-0.05, 0) is 18.6 Å². The molecule has 6 heteroatoms. The predicted octanol–water partition coefficient (Wildman–Crippen LogP) is 2.43. The molecule has 0 bridgehead atoms. The van der Waals surface area contributed by atoms with E-state index in [1.165, 1.54) is 4.31 Å². The van der Waals surface area contributed by atoms with Crippen molar-refractivity contribution in [3.05, 3.63) is 24.3 Å². The van der Waals surface area contributed by atoms with E-state index in [9.17, 15) is 8.42 Å². The zero-order valence-corrected chi connectivity index (χ0v) is 12.8. The first-order chi connectivity index (χ1) is 9.57. The fourth-order valence-corrected chi connectivity index (χ4v) is 3.48. The lowest BCUT2D eigenvalue weighted by Crippen LogP contribution is -2.32.